The van der Waals surface area contributed by atoms with Crippen LogP contribution in [-0.4, -0.2) is 29.9 Å². The summed E-state index contributed by atoms with van der Waals surface area (Å²) in [5.74, 6) is 0.819. The third-order valence-corrected chi connectivity index (χ3v) is 8.71. The van der Waals surface area contributed by atoms with Crippen molar-refractivity contribution in [1.82, 2.24) is 0 Å². The fraction of sp³-hybridized carbons (Fsp3) is 0.792. The number of carbonyl (C=O) groups is 3. The summed E-state index contributed by atoms with van der Waals surface area (Å²) >= 11 is 0. The van der Waals surface area contributed by atoms with Gasteiger partial charge < -0.3 is 9.47 Å². The first-order chi connectivity index (χ1) is 13.6. The number of carbonyl (C=O) groups excluding carboxylic acids is 3. The maximum absolute atomic E-state index is 12.8. The Morgan fingerprint density at radius 2 is 1.76 bits per heavy atom. The lowest BCUT2D eigenvalue weighted by atomic mass is 9.46. The van der Waals surface area contributed by atoms with Crippen LogP contribution in [-0.2, 0) is 23.9 Å². The second kappa shape index (κ2) is 6.95. The Labute approximate surface area is 173 Å². The van der Waals surface area contributed by atoms with E-state index in [-0.39, 0.29) is 52.7 Å². The quantitative estimate of drug-likeness (QED) is 0.510. The topological polar surface area (TPSA) is 69.7 Å². The molecule has 0 bridgehead atoms. The van der Waals surface area contributed by atoms with Crippen molar-refractivity contribution in [2.75, 3.05) is 0 Å². The molecular weight excluding hydrogens is 368 g/mol. The lowest BCUT2D eigenvalue weighted by Gasteiger charge is -2.60. The molecule has 8 atom stereocenters. The van der Waals surface area contributed by atoms with Crippen molar-refractivity contribution >= 4 is 17.7 Å². The minimum absolute atomic E-state index is 0.101. The zero-order valence-corrected chi connectivity index (χ0v) is 18.3. The highest BCUT2D eigenvalue weighted by Gasteiger charge is 2.63. The van der Waals surface area contributed by atoms with Gasteiger partial charge in [0.2, 0.25) is 0 Å². The molecular formula is C24H34O5. The minimum atomic E-state index is -0.319. The van der Waals surface area contributed by atoms with Crippen LogP contribution in [0.25, 0.3) is 0 Å². The third-order valence-electron chi connectivity index (χ3n) is 8.71. The zero-order valence-electron chi connectivity index (χ0n) is 18.3. The molecule has 29 heavy (non-hydrogen) atoms. The van der Waals surface area contributed by atoms with Gasteiger partial charge in [0.05, 0.1) is 0 Å². The molecule has 6 unspecified atom stereocenters. The lowest BCUT2D eigenvalue weighted by Crippen LogP contribution is -2.59. The number of fused-ring (bicyclic) bond motifs is 5. The van der Waals surface area contributed by atoms with Crippen LogP contribution in [0.5, 0.6) is 0 Å². The Bertz CT molecular complexity index is 769. The molecule has 0 radical (unpaired) electrons. The molecule has 160 valence electrons. The van der Waals surface area contributed by atoms with Crippen LogP contribution in [0.3, 0.4) is 0 Å². The maximum Gasteiger partial charge on any atom is 0.303 e. The fourth-order valence-corrected chi connectivity index (χ4v) is 7.33. The van der Waals surface area contributed by atoms with Gasteiger partial charge >= 0.3 is 11.9 Å². The molecule has 0 saturated heterocycles. The molecule has 0 amide bonds. The molecule has 3 saturated carbocycles. The summed E-state index contributed by atoms with van der Waals surface area (Å²) in [7, 11) is 0. The molecule has 0 aliphatic heterocycles. The molecule has 4 rings (SSSR count). The molecule has 5 heteroatoms. The van der Waals surface area contributed by atoms with Gasteiger partial charge in [0.25, 0.3) is 0 Å². The standard InChI is InChI=1S/C24H34O5/c1-13-10-16-12-19(28-14(2)25)22-17-6-7-20(27)23(17,4)9-8-18(22)24(16,5)21(11-13)29-15(3)26/h12-13,17-19,21-22H,6-11H2,1-5H3/t13?,17?,18?,19?,21?,22?,23-,24-/m0/s1. The Balaban J connectivity index is 1.82. The number of ketones is 1. The van der Waals surface area contributed by atoms with Gasteiger partial charge in [-0.25, -0.2) is 0 Å². The SMILES string of the molecule is CC(=O)OC1C=C2CC(C)CC(OC(C)=O)[C@]2(C)C2CC[C@]3(C)C(=O)CCC3C12. The largest absolute Gasteiger partial charge is 0.462 e. The van der Waals surface area contributed by atoms with Crippen LogP contribution in [0.15, 0.2) is 11.6 Å². The summed E-state index contributed by atoms with van der Waals surface area (Å²) in [5.41, 5.74) is 0.690. The van der Waals surface area contributed by atoms with Crippen LogP contribution in [0.4, 0.5) is 0 Å². The normalized spacial score (nSPS) is 46.1. The number of hydrogen-bond acceptors (Lipinski definition) is 5. The molecule has 0 aromatic rings. The fourth-order valence-electron chi connectivity index (χ4n) is 7.33. The van der Waals surface area contributed by atoms with E-state index in [2.05, 4.69) is 26.8 Å². The van der Waals surface area contributed by atoms with Crippen LogP contribution in [0.2, 0.25) is 0 Å². The van der Waals surface area contributed by atoms with Crippen molar-refractivity contribution in [3.63, 3.8) is 0 Å². The zero-order chi connectivity index (χ0) is 21.1. The molecule has 0 aromatic heterocycles. The summed E-state index contributed by atoms with van der Waals surface area (Å²) in [5, 5.41) is 0. The van der Waals surface area contributed by atoms with Crippen molar-refractivity contribution in [3.05, 3.63) is 11.6 Å². The van der Waals surface area contributed by atoms with Gasteiger partial charge in [-0.1, -0.05) is 26.3 Å². The molecule has 4 aliphatic carbocycles. The van der Waals surface area contributed by atoms with Gasteiger partial charge in [-0.2, -0.15) is 0 Å². The monoisotopic (exact) mass is 402 g/mol. The first kappa shape index (κ1) is 20.6. The van der Waals surface area contributed by atoms with Crippen molar-refractivity contribution in [3.8, 4) is 0 Å². The predicted octanol–water partition coefficient (Wildman–Crippen LogP) is 4.24. The average molecular weight is 403 g/mol. The van der Waals surface area contributed by atoms with E-state index in [1.54, 1.807) is 0 Å². The van der Waals surface area contributed by atoms with Gasteiger partial charge in [-0.3, -0.25) is 14.4 Å². The Morgan fingerprint density at radius 1 is 1.07 bits per heavy atom. The smallest absolute Gasteiger partial charge is 0.303 e. The number of rotatable bonds is 2. The van der Waals surface area contributed by atoms with Crippen LogP contribution in [0, 0.1) is 34.5 Å². The van der Waals surface area contributed by atoms with E-state index < -0.39 is 0 Å². The summed E-state index contributed by atoms with van der Waals surface area (Å²) in [6.07, 6.45) is 6.75. The third kappa shape index (κ3) is 3.07. The number of esters is 2. The summed E-state index contributed by atoms with van der Waals surface area (Å²) in [6, 6.07) is 0. The number of hydrogen-bond donors (Lipinski definition) is 0. The highest BCUT2D eigenvalue weighted by Crippen LogP contribution is 2.65. The first-order valence-electron chi connectivity index (χ1n) is 11.2. The summed E-state index contributed by atoms with van der Waals surface area (Å²) in [6.45, 7) is 9.51. The molecule has 5 nitrogen and oxygen atoms in total. The van der Waals surface area contributed by atoms with E-state index in [0.29, 0.717) is 18.1 Å². The lowest BCUT2D eigenvalue weighted by molar-refractivity contribution is -0.174. The maximum atomic E-state index is 12.8. The van der Waals surface area contributed by atoms with Gasteiger partial charge in [0, 0.05) is 37.0 Å². The van der Waals surface area contributed by atoms with Gasteiger partial charge in [0.15, 0.2) is 0 Å². The highest BCUT2D eigenvalue weighted by atomic mass is 16.5. The van der Waals surface area contributed by atoms with E-state index in [0.717, 1.165) is 32.1 Å². The Kier molecular flexibility index (Phi) is 4.94. The van der Waals surface area contributed by atoms with Crippen LogP contribution in [0.1, 0.15) is 73.1 Å². The molecule has 0 heterocycles. The summed E-state index contributed by atoms with van der Waals surface area (Å²) < 4.78 is 11.8. The highest BCUT2D eigenvalue weighted by molar-refractivity contribution is 5.87. The second-order valence-electron chi connectivity index (χ2n) is 10.4. The van der Waals surface area contributed by atoms with E-state index in [9.17, 15) is 14.4 Å². The Morgan fingerprint density at radius 3 is 2.41 bits per heavy atom. The van der Waals surface area contributed by atoms with Gasteiger partial charge in [-0.05, 0) is 55.9 Å². The molecule has 4 aliphatic rings. The summed E-state index contributed by atoms with van der Waals surface area (Å²) in [4.78, 5) is 36.6. The van der Waals surface area contributed by atoms with Crippen molar-refractivity contribution in [2.24, 2.45) is 34.5 Å². The van der Waals surface area contributed by atoms with Crippen molar-refractivity contribution in [2.45, 2.75) is 85.4 Å². The molecule has 3 fully saturated rings. The second-order valence-corrected chi connectivity index (χ2v) is 10.4. The van der Waals surface area contributed by atoms with E-state index in [4.69, 9.17) is 9.47 Å². The van der Waals surface area contributed by atoms with E-state index in [1.807, 2.05) is 0 Å². The first-order valence-corrected chi connectivity index (χ1v) is 11.2. The number of Topliss-reactive ketones (excluding diaryl/α,β-unsaturated/α-hetero) is 1. The Hall–Kier alpha value is -1.65. The van der Waals surface area contributed by atoms with Crippen molar-refractivity contribution in [1.29, 1.82) is 0 Å². The minimum Gasteiger partial charge on any atom is -0.462 e. The number of ether oxygens (including phenoxy) is 2. The molecule has 0 spiro atoms. The van der Waals surface area contributed by atoms with E-state index >= 15 is 0 Å². The van der Waals surface area contributed by atoms with Gasteiger partial charge in [-0.15, -0.1) is 0 Å². The van der Waals surface area contributed by atoms with Gasteiger partial charge in [0.1, 0.15) is 18.0 Å². The van der Waals surface area contributed by atoms with Crippen LogP contribution >= 0.6 is 0 Å². The molecule has 0 aromatic carbocycles. The molecule has 0 N–H and O–H groups in total. The van der Waals surface area contributed by atoms with E-state index in [1.165, 1.54) is 19.4 Å². The van der Waals surface area contributed by atoms with Crippen LogP contribution < -0.4 is 0 Å². The predicted molar refractivity (Wildman–Crippen MR) is 108 cm³/mol. The van der Waals surface area contributed by atoms with Crippen molar-refractivity contribution < 1.29 is 23.9 Å². The average Bonchev–Trinajstić information content (AvgIpc) is 2.91.